The van der Waals surface area contributed by atoms with Crippen LogP contribution in [0.2, 0.25) is 0 Å². The fourth-order valence-electron chi connectivity index (χ4n) is 3.80. The summed E-state index contributed by atoms with van der Waals surface area (Å²) in [4.78, 5) is 0. The van der Waals surface area contributed by atoms with Crippen LogP contribution in [-0.2, 0) is 0 Å². The molecular formula is C25H18ClN. The van der Waals surface area contributed by atoms with Gasteiger partial charge in [-0.05, 0) is 47.5 Å². The Bertz CT molecular complexity index is 1240. The summed E-state index contributed by atoms with van der Waals surface area (Å²) in [6, 6.07) is 25.9. The number of allylic oxidation sites excluding steroid dienone is 6. The molecule has 0 fully saturated rings. The van der Waals surface area contributed by atoms with E-state index in [1.165, 1.54) is 38.6 Å². The average molecular weight is 368 g/mol. The minimum absolute atomic E-state index is 0.789. The van der Waals surface area contributed by atoms with Gasteiger partial charge < -0.3 is 4.57 Å². The second kappa shape index (κ2) is 6.61. The number of para-hydroxylation sites is 2. The summed E-state index contributed by atoms with van der Waals surface area (Å²) in [5, 5.41) is 3.40. The Balaban J connectivity index is 1.79. The van der Waals surface area contributed by atoms with Crippen LogP contribution in [0, 0.1) is 0 Å². The molecule has 5 rings (SSSR count). The Morgan fingerprint density at radius 1 is 0.741 bits per heavy atom. The third kappa shape index (κ3) is 2.81. The van der Waals surface area contributed by atoms with Crippen molar-refractivity contribution >= 4 is 39.0 Å². The SMILES string of the molecule is ClC1=CC=C(c2ccc3c(c2)c2ccccc2n3-c2ccccc2)C=CC1. The Morgan fingerprint density at radius 3 is 2.41 bits per heavy atom. The molecule has 130 valence electrons. The van der Waals surface area contributed by atoms with E-state index in [4.69, 9.17) is 11.6 Å². The minimum atomic E-state index is 0.789. The van der Waals surface area contributed by atoms with Gasteiger partial charge in [0, 0.05) is 27.9 Å². The predicted molar refractivity (Wildman–Crippen MR) is 116 cm³/mol. The number of benzene rings is 3. The van der Waals surface area contributed by atoms with E-state index in [0.717, 1.165) is 11.5 Å². The first kappa shape index (κ1) is 16.2. The van der Waals surface area contributed by atoms with Gasteiger partial charge in [0.25, 0.3) is 0 Å². The van der Waals surface area contributed by atoms with Crippen molar-refractivity contribution in [1.29, 1.82) is 0 Å². The van der Waals surface area contributed by atoms with Crippen LogP contribution >= 0.6 is 11.6 Å². The molecule has 0 bridgehead atoms. The third-order valence-electron chi connectivity index (χ3n) is 5.07. The Labute approximate surface area is 163 Å². The normalized spacial score (nSPS) is 14.3. The van der Waals surface area contributed by atoms with E-state index in [-0.39, 0.29) is 0 Å². The van der Waals surface area contributed by atoms with E-state index in [0.29, 0.717) is 0 Å². The summed E-state index contributed by atoms with van der Waals surface area (Å²) >= 11 is 6.18. The summed E-state index contributed by atoms with van der Waals surface area (Å²) in [6.07, 6.45) is 9.16. The maximum absolute atomic E-state index is 6.18. The molecular weight excluding hydrogens is 350 g/mol. The van der Waals surface area contributed by atoms with Crippen LogP contribution in [0.25, 0.3) is 33.1 Å². The molecule has 3 aromatic carbocycles. The van der Waals surface area contributed by atoms with Crippen LogP contribution in [-0.4, -0.2) is 4.57 Å². The van der Waals surface area contributed by atoms with Gasteiger partial charge >= 0.3 is 0 Å². The molecule has 0 saturated carbocycles. The van der Waals surface area contributed by atoms with E-state index in [9.17, 15) is 0 Å². The first-order chi connectivity index (χ1) is 13.3. The molecule has 0 atom stereocenters. The molecule has 1 nitrogen and oxygen atoms in total. The quantitative estimate of drug-likeness (QED) is 0.351. The smallest absolute Gasteiger partial charge is 0.0541 e. The molecule has 0 spiro atoms. The third-order valence-corrected chi connectivity index (χ3v) is 5.35. The van der Waals surface area contributed by atoms with Gasteiger partial charge in [0.1, 0.15) is 0 Å². The standard InChI is InChI=1S/C25H18ClN/c26-20-8-6-7-18(13-15-20)19-14-16-25-23(17-19)22-11-4-5-12-24(22)27(25)21-9-2-1-3-10-21/h1-7,9-17H,8H2. The highest BCUT2D eigenvalue weighted by Gasteiger charge is 2.13. The summed E-state index contributed by atoms with van der Waals surface area (Å²) < 4.78 is 2.34. The van der Waals surface area contributed by atoms with Gasteiger partial charge in [-0.25, -0.2) is 0 Å². The second-order valence-corrected chi connectivity index (χ2v) is 7.25. The van der Waals surface area contributed by atoms with Crippen molar-refractivity contribution in [3.8, 4) is 5.69 Å². The van der Waals surface area contributed by atoms with Gasteiger partial charge in [-0.1, -0.05) is 72.3 Å². The number of aromatic nitrogens is 1. The maximum atomic E-state index is 6.18. The van der Waals surface area contributed by atoms with Crippen molar-refractivity contribution in [2.45, 2.75) is 6.42 Å². The van der Waals surface area contributed by atoms with E-state index in [2.05, 4.69) is 95.6 Å². The van der Waals surface area contributed by atoms with Crippen molar-refractivity contribution in [1.82, 2.24) is 4.57 Å². The summed E-state index contributed by atoms with van der Waals surface area (Å²) in [5.41, 5.74) is 6.02. The predicted octanol–water partition coefficient (Wildman–Crippen LogP) is 7.25. The summed E-state index contributed by atoms with van der Waals surface area (Å²) in [5.74, 6) is 0. The number of hydrogen-bond acceptors (Lipinski definition) is 0. The minimum Gasteiger partial charge on any atom is -0.309 e. The molecule has 1 aliphatic carbocycles. The highest BCUT2D eigenvalue weighted by molar-refractivity contribution is 6.30. The van der Waals surface area contributed by atoms with Gasteiger partial charge in [0.2, 0.25) is 0 Å². The monoisotopic (exact) mass is 367 g/mol. The van der Waals surface area contributed by atoms with Gasteiger partial charge in [-0.2, -0.15) is 0 Å². The number of halogens is 1. The largest absolute Gasteiger partial charge is 0.309 e. The Hall–Kier alpha value is -3.03. The number of nitrogens with zero attached hydrogens (tertiary/aromatic N) is 1. The lowest BCUT2D eigenvalue weighted by molar-refractivity contribution is 1.18. The maximum Gasteiger partial charge on any atom is 0.0541 e. The van der Waals surface area contributed by atoms with Crippen LogP contribution in [0.3, 0.4) is 0 Å². The zero-order chi connectivity index (χ0) is 18.2. The highest BCUT2D eigenvalue weighted by atomic mass is 35.5. The lowest BCUT2D eigenvalue weighted by Gasteiger charge is -2.08. The van der Waals surface area contributed by atoms with E-state index in [1.807, 2.05) is 6.08 Å². The molecule has 0 saturated heterocycles. The molecule has 4 aromatic rings. The Morgan fingerprint density at radius 2 is 1.52 bits per heavy atom. The molecule has 0 aliphatic heterocycles. The van der Waals surface area contributed by atoms with E-state index >= 15 is 0 Å². The second-order valence-electron chi connectivity index (χ2n) is 6.76. The molecule has 27 heavy (non-hydrogen) atoms. The van der Waals surface area contributed by atoms with Crippen molar-refractivity contribution in [2.24, 2.45) is 0 Å². The number of rotatable bonds is 2. The van der Waals surface area contributed by atoms with Crippen LogP contribution in [0.5, 0.6) is 0 Å². The lowest BCUT2D eigenvalue weighted by Crippen LogP contribution is -1.93. The number of fused-ring (bicyclic) bond motifs is 3. The topological polar surface area (TPSA) is 4.93 Å². The van der Waals surface area contributed by atoms with Crippen molar-refractivity contribution < 1.29 is 0 Å². The molecule has 1 aromatic heterocycles. The van der Waals surface area contributed by atoms with Gasteiger partial charge in [0.15, 0.2) is 0 Å². The molecule has 0 N–H and O–H groups in total. The zero-order valence-electron chi connectivity index (χ0n) is 14.8. The van der Waals surface area contributed by atoms with Crippen LogP contribution in [0.4, 0.5) is 0 Å². The van der Waals surface area contributed by atoms with E-state index in [1.54, 1.807) is 0 Å². The molecule has 0 radical (unpaired) electrons. The zero-order valence-corrected chi connectivity index (χ0v) is 15.5. The van der Waals surface area contributed by atoms with Crippen molar-refractivity contribution in [3.05, 3.63) is 108 Å². The summed E-state index contributed by atoms with van der Waals surface area (Å²) in [6.45, 7) is 0. The molecule has 0 amide bonds. The first-order valence-electron chi connectivity index (χ1n) is 9.13. The molecule has 2 heteroatoms. The average Bonchev–Trinajstić information content (AvgIpc) is 2.88. The fourth-order valence-corrected chi connectivity index (χ4v) is 3.95. The number of hydrogen-bond donors (Lipinski definition) is 0. The first-order valence-corrected chi connectivity index (χ1v) is 9.51. The summed E-state index contributed by atoms with van der Waals surface area (Å²) in [7, 11) is 0. The van der Waals surface area contributed by atoms with E-state index < -0.39 is 0 Å². The highest BCUT2D eigenvalue weighted by Crippen LogP contribution is 2.34. The van der Waals surface area contributed by atoms with Gasteiger partial charge in [-0.15, -0.1) is 0 Å². The molecule has 1 aliphatic rings. The van der Waals surface area contributed by atoms with Crippen LogP contribution in [0.15, 0.2) is 102 Å². The van der Waals surface area contributed by atoms with Crippen LogP contribution < -0.4 is 0 Å². The van der Waals surface area contributed by atoms with Crippen molar-refractivity contribution in [2.75, 3.05) is 0 Å². The van der Waals surface area contributed by atoms with Gasteiger partial charge in [-0.3, -0.25) is 0 Å². The van der Waals surface area contributed by atoms with Crippen LogP contribution in [0.1, 0.15) is 12.0 Å². The Kier molecular flexibility index (Phi) is 3.95. The fraction of sp³-hybridized carbons (Fsp3) is 0.0400. The molecule has 1 heterocycles. The van der Waals surface area contributed by atoms with Gasteiger partial charge in [0.05, 0.1) is 11.0 Å². The van der Waals surface area contributed by atoms with Crippen molar-refractivity contribution in [3.63, 3.8) is 0 Å². The molecule has 0 unspecified atom stereocenters. The lowest BCUT2D eigenvalue weighted by atomic mass is 10.0.